The van der Waals surface area contributed by atoms with Gasteiger partial charge in [-0.25, -0.2) is 10.3 Å². The average molecular weight is 281 g/mol. The Morgan fingerprint density at radius 3 is 2.60 bits per heavy atom. The summed E-state index contributed by atoms with van der Waals surface area (Å²) in [4.78, 5) is 37.7. The number of rotatable bonds is 8. The van der Waals surface area contributed by atoms with Gasteiger partial charge in [-0.15, -0.1) is 0 Å². The molecule has 20 heavy (non-hydrogen) atoms. The van der Waals surface area contributed by atoms with Gasteiger partial charge in [-0.3, -0.25) is 14.4 Å². The number of hydrogen-bond acceptors (Lipinski definition) is 5. The molecule has 0 aromatic rings. The van der Waals surface area contributed by atoms with E-state index in [2.05, 4.69) is 20.9 Å². The summed E-state index contributed by atoms with van der Waals surface area (Å²) in [5.74, 6) is -1.53. The molecule has 0 spiro atoms. The first-order chi connectivity index (χ1) is 9.52. The maximum atomic E-state index is 11.6. The van der Waals surface area contributed by atoms with Crippen molar-refractivity contribution in [1.29, 1.82) is 0 Å². The molecule has 0 bridgehead atoms. The van der Waals surface area contributed by atoms with Crippen LogP contribution < -0.4 is 27.4 Å². The molecule has 0 unspecified atom stereocenters. The number of nitrogens with zero attached hydrogens (tertiary/aromatic N) is 2. The lowest BCUT2D eigenvalue weighted by atomic mass is 10.1. The molecule has 9 heteroatoms. The number of primary amides is 1. The normalized spacial score (nSPS) is 14.2. The van der Waals surface area contributed by atoms with Crippen molar-refractivity contribution in [3.8, 4) is 0 Å². The van der Waals surface area contributed by atoms with Gasteiger partial charge in [0.05, 0.1) is 18.4 Å². The summed E-state index contributed by atoms with van der Waals surface area (Å²) < 4.78 is 0. The molecule has 1 aliphatic rings. The highest BCUT2D eigenvalue weighted by molar-refractivity contribution is 5.89. The number of carbonyl (C=O) groups is 3. The van der Waals surface area contributed by atoms with Crippen LogP contribution in [0.3, 0.4) is 0 Å². The molecule has 109 valence electrons. The van der Waals surface area contributed by atoms with Gasteiger partial charge in [-0.1, -0.05) is 0 Å². The summed E-state index contributed by atoms with van der Waals surface area (Å²) in [6.07, 6.45) is 3.10. The Balaban J connectivity index is 2.39. The van der Waals surface area contributed by atoms with E-state index in [1.54, 1.807) is 0 Å². The van der Waals surface area contributed by atoms with Crippen molar-refractivity contribution < 1.29 is 14.4 Å². The third kappa shape index (κ3) is 5.48. The minimum Gasteiger partial charge on any atom is -0.368 e. The van der Waals surface area contributed by atoms with Gasteiger partial charge in [-0.2, -0.15) is 0 Å². The Kier molecular flexibility index (Phi) is 6.17. The van der Waals surface area contributed by atoms with E-state index in [1.807, 2.05) is 0 Å². The van der Waals surface area contributed by atoms with Gasteiger partial charge in [0.25, 0.3) is 0 Å². The maximum absolute atomic E-state index is 11.6. The standard InChI is InChI=1S/C11H17N6O3/c12-2-1-9(18)15-5-10(19)17-8(11(13)20)3-7-4-14-6-16-7/h4,6,8H,1-3,5,12H2,(H2,13,20)(H,15,18)(H,17,19)/t8-/m0/s1. The second-order valence-electron chi connectivity index (χ2n) is 4.06. The Labute approximate surface area is 115 Å². The van der Waals surface area contributed by atoms with Crippen LogP contribution in [-0.4, -0.2) is 43.2 Å². The second-order valence-corrected chi connectivity index (χ2v) is 4.06. The van der Waals surface area contributed by atoms with Gasteiger partial charge >= 0.3 is 0 Å². The topological polar surface area (TPSA) is 154 Å². The third-order valence-corrected chi connectivity index (χ3v) is 2.42. The molecular weight excluding hydrogens is 264 g/mol. The van der Waals surface area contributed by atoms with Crippen molar-refractivity contribution in [2.75, 3.05) is 13.1 Å². The average Bonchev–Trinajstić information content (AvgIpc) is 2.89. The van der Waals surface area contributed by atoms with Crippen LogP contribution in [0.2, 0.25) is 0 Å². The summed E-state index contributed by atoms with van der Waals surface area (Å²) in [5, 5.41) is 8.69. The van der Waals surface area contributed by atoms with E-state index >= 15 is 0 Å². The van der Waals surface area contributed by atoms with Crippen molar-refractivity contribution in [2.45, 2.75) is 18.9 Å². The Morgan fingerprint density at radius 1 is 1.30 bits per heavy atom. The largest absolute Gasteiger partial charge is 0.368 e. The van der Waals surface area contributed by atoms with Crippen molar-refractivity contribution in [3.05, 3.63) is 11.9 Å². The molecule has 9 nitrogen and oxygen atoms in total. The van der Waals surface area contributed by atoms with Gasteiger partial charge < -0.3 is 22.1 Å². The number of aliphatic imine (C=N–C) groups is 1. The van der Waals surface area contributed by atoms with E-state index in [0.29, 0.717) is 5.70 Å². The number of hydrogen-bond donors (Lipinski definition) is 4. The summed E-state index contributed by atoms with van der Waals surface area (Å²) >= 11 is 0. The lowest BCUT2D eigenvalue weighted by molar-refractivity contribution is -0.128. The van der Waals surface area contributed by atoms with E-state index < -0.39 is 17.9 Å². The summed E-state index contributed by atoms with van der Waals surface area (Å²) in [5.41, 5.74) is 10.9. The molecule has 1 radical (unpaired) electrons. The minimum absolute atomic E-state index is 0.135. The lowest BCUT2D eigenvalue weighted by Gasteiger charge is -2.15. The van der Waals surface area contributed by atoms with Crippen LogP contribution >= 0.6 is 0 Å². The first kappa shape index (κ1) is 15.6. The molecule has 0 aromatic carbocycles. The zero-order valence-electron chi connectivity index (χ0n) is 10.8. The number of nitrogens with one attached hydrogen (secondary N) is 2. The zero-order valence-corrected chi connectivity index (χ0v) is 10.8. The highest BCUT2D eigenvalue weighted by Gasteiger charge is 2.21. The Hall–Kier alpha value is -2.42. The smallest absolute Gasteiger partial charge is 0.240 e. The molecule has 0 aromatic heterocycles. The predicted molar refractivity (Wildman–Crippen MR) is 71.1 cm³/mol. The monoisotopic (exact) mass is 281 g/mol. The van der Waals surface area contributed by atoms with Gasteiger partial charge in [0.1, 0.15) is 12.4 Å². The molecule has 1 heterocycles. The zero-order chi connectivity index (χ0) is 15.0. The van der Waals surface area contributed by atoms with Crippen LogP contribution in [-0.2, 0) is 14.4 Å². The SMILES string of the molecule is NCCC(=O)NCC(=O)N[C@@H](CC1=CN=C[N]1)C(N)=O. The van der Waals surface area contributed by atoms with Crippen LogP contribution in [0.4, 0.5) is 0 Å². The molecule has 1 aliphatic heterocycles. The second kappa shape index (κ2) is 7.89. The van der Waals surface area contributed by atoms with Gasteiger partial charge in [0.15, 0.2) is 0 Å². The van der Waals surface area contributed by atoms with E-state index in [0.717, 1.165) is 0 Å². The first-order valence-electron chi connectivity index (χ1n) is 6.00. The van der Waals surface area contributed by atoms with Crippen LogP contribution in [0.25, 0.3) is 0 Å². The summed E-state index contributed by atoms with van der Waals surface area (Å²) in [6.45, 7) is -0.0394. The quantitative estimate of drug-likeness (QED) is 0.382. The number of nitrogens with two attached hydrogens (primary N) is 2. The first-order valence-corrected chi connectivity index (χ1v) is 6.00. The minimum atomic E-state index is -0.898. The summed E-state index contributed by atoms with van der Waals surface area (Å²) in [7, 11) is 0. The lowest BCUT2D eigenvalue weighted by Crippen LogP contribution is -2.48. The van der Waals surface area contributed by atoms with E-state index in [1.165, 1.54) is 12.5 Å². The molecule has 0 aliphatic carbocycles. The number of amides is 3. The van der Waals surface area contributed by atoms with Crippen LogP contribution in [0, 0.1) is 0 Å². The van der Waals surface area contributed by atoms with Crippen LogP contribution in [0.1, 0.15) is 12.8 Å². The fourth-order valence-corrected chi connectivity index (χ4v) is 1.44. The van der Waals surface area contributed by atoms with Crippen LogP contribution in [0.15, 0.2) is 16.9 Å². The van der Waals surface area contributed by atoms with E-state index in [9.17, 15) is 14.4 Å². The van der Waals surface area contributed by atoms with E-state index in [4.69, 9.17) is 11.5 Å². The van der Waals surface area contributed by atoms with Gasteiger partial charge in [-0.05, 0) is 0 Å². The Morgan fingerprint density at radius 2 is 2.05 bits per heavy atom. The molecular formula is C11H17N6O3. The van der Waals surface area contributed by atoms with Crippen molar-refractivity contribution in [1.82, 2.24) is 16.0 Å². The molecule has 3 amide bonds. The van der Waals surface area contributed by atoms with Crippen LogP contribution in [0.5, 0.6) is 0 Å². The van der Waals surface area contributed by atoms with Crippen molar-refractivity contribution in [3.63, 3.8) is 0 Å². The molecule has 0 fully saturated rings. The summed E-state index contributed by atoms with van der Waals surface area (Å²) in [6, 6.07) is -0.898. The Bertz CT molecular complexity index is 445. The van der Waals surface area contributed by atoms with E-state index in [-0.39, 0.29) is 31.8 Å². The molecule has 0 saturated carbocycles. The molecule has 6 N–H and O–H groups in total. The van der Waals surface area contributed by atoms with Gasteiger partial charge in [0, 0.05) is 19.4 Å². The molecule has 0 saturated heterocycles. The predicted octanol–water partition coefficient (Wildman–Crippen LogP) is -2.70. The highest BCUT2D eigenvalue weighted by Crippen LogP contribution is 2.06. The maximum Gasteiger partial charge on any atom is 0.240 e. The van der Waals surface area contributed by atoms with Crippen molar-refractivity contribution in [2.24, 2.45) is 16.5 Å². The highest BCUT2D eigenvalue weighted by atomic mass is 16.2. The molecule has 1 rings (SSSR count). The third-order valence-electron chi connectivity index (χ3n) is 2.42. The number of carbonyl (C=O) groups excluding carboxylic acids is 3. The van der Waals surface area contributed by atoms with Gasteiger partial charge in [0.2, 0.25) is 17.7 Å². The van der Waals surface area contributed by atoms with Crippen molar-refractivity contribution >= 4 is 24.1 Å². The fourth-order valence-electron chi connectivity index (χ4n) is 1.44. The molecule has 1 atom stereocenters. The fraction of sp³-hybridized carbons (Fsp3) is 0.455.